The molecule has 0 unspecified atom stereocenters. The summed E-state index contributed by atoms with van der Waals surface area (Å²) in [4.78, 5) is 14.0. The molecule has 1 aliphatic rings. The van der Waals surface area contributed by atoms with Crippen molar-refractivity contribution in [3.05, 3.63) is 0 Å². The highest BCUT2D eigenvalue weighted by molar-refractivity contribution is 5.75. The topological polar surface area (TPSA) is 29.5 Å². The minimum atomic E-state index is -0.0229. The van der Waals surface area contributed by atoms with Crippen molar-refractivity contribution in [3.63, 3.8) is 0 Å². The molecule has 0 spiro atoms. The van der Waals surface area contributed by atoms with E-state index in [-0.39, 0.29) is 12.0 Å². The Kier molecular flexibility index (Phi) is 5.09. The number of nitrogens with zero attached hydrogens (tertiary/aromatic N) is 1. The van der Waals surface area contributed by atoms with Crippen molar-refractivity contribution in [2.24, 2.45) is 5.92 Å². The summed E-state index contributed by atoms with van der Waals surface area (Å²) >= 11 is 0. The molecule has 1 aliphatic heterocycles. The van der Waals surface area contributed by atoms with Gasteiger partial charge in [0.1, 0.15) is 6.04 Å². The van der Waals surface area contributed by atoms with Crippen molar-refractivity contribution in [3.8, 4) is 0 Å². The van der Waals surface area contributed by atoms with Crippen LogP contribution in [-0.2, 0) is 9.53 Å². The highest BCUT2D eigenvalue weighted by Crippen LogP contribution is 2.17. The highest BCUT2D eigenvalue weighted by atomic mass is 16.5. The summed E-state index contributed by atoms with van der Waals surface area (Å²) in [7, 11) is 0. The van der Waals surface area contributed by atoms with Crippen molar-refractivity contribution < 1.29 is 9.53 Å². The van der Waals surface area contributed by atoms with Crippen LogP contribution >= 0.6 is 0 Å². The lowest BCUT2D eigenvalue weighted by Crippen LogP contribution is -2.45. The molecule has 0 saturated carbocycles. The second kappa shape index (κ2) is 6.11. The maximum absolute atomic E-state index is 11.8. The van der Waals surface area contributed by atoms with Crippen LogP contribution in [0.5, 0.6) is 0 Å². The van der Waals surface area contributed by atoms with E-state index in [9.17, 15) is 4.79 Å². The maximum Gasteiger partial charge on any atom is 0.323 e. The predicted molar refractivity (Wildman–Crippen MR) is 60.7 cm³/mol. The first kappa shape index (κ1) is 12.5. The lowest BCUT2D eigenvalue weighted by atomic mass is 10.0. The monoisotopic (exact) mass is 213 g/mol. The van der Waals surface area contributed by atoms with Crippen molar-refractivity contribution in [1.29, 1.82) is 0 Å². The number of esters is 1. The molecule has 0 aromatic heterocycles. The smallest absolute Gasteiger partial charge is 0.323 e. The molecule has 88 valence electrons. The second-order valence-electron chi connectivity index (χ2n) is 4.66. The van der Waals surface area contributed by atoms with E-state index in [0.717, 1.165) is 25.9 Å². The summed E-state index contributed by atoms with van der Waals surface area (Å²) < 4.78 is 5.29. The molecule has 0 aromatic rings. The molecule has 3 nitrogen and oxygen atoms in total. The van der Waals surface area contributed by atoms with Gasteiger partial charge in [-0.15, -0.1) is 0 Å². The Morgan fingerprint density at radius 1 is 1.47 bits per heavy atom. The van der Waals surface area contributed by atoms with Gasteiger partial charge in [0.2, 0.25) is 0 Å². The van der Waals surface area contributed by atoms with E-state index in [0.29, 0.717) is 12.5 Å². The third-order valence-corrected chi connectivity index (χ3v) is 2.85. The molecule has 3 heteroatoms. The second-order valence-corrected chi connectivity index (χ2v) is 4.66. The summed E-state index contributed by atoms with van der Waals surface area (Å²) in [5.74, 6) is 0.401. The molecule has 1 saturated heterocycles. The van der Waals surface area contributed by atoms with E-state index >= 15 is 0 Å². The van der Waals surface area contributed by atoms with Crippen LogP contribution in [-0.4, -0.2) is 36.6 Å². The number of hydrogen-bond donors (Lipinski definition) is 0. The molecule has 1 atom stereocenters. The van der Waals surface area contributed by atoms with Crippen LogP contribution in [0.4, 0.5) is 0 Å². The van der Waals surface area contributed by atoms with Crippen molar-refractivity contribution in [1.82, 2.24) is 4.90 Å². The lowest BCUT2D eigenvalue weighted by molar-refractivity contribution is -0.152. The number of likely N-dealkylation sites (tertiary alicyclic amines) is 1. The zero-order valence-electron chi connectivity index (χ0n) is 10.2. The molecule has 0 bridgehead atoms. The zero-order valence-corrected chi connectivity index (χ0v) is 10.2. The fraction of sp³-hybridized carbons (Fsp3) is 0.917. The first-order valence-electron chi connectivity index (χ1n) is 6.05. The summed E-state index contributed by atoms with van der Waals surface area (Å²) in [6.07, 6.45) is 3.32. The van der Waals surface area contributed by atoms with Crippen LogP contribution in [0.3, 0.4) is 0 Å². The molecular weight excluding hydrogens is 190 g/mol. The molecular formula is C12H23NO2. The molecule has 15 heavy (non-hydrogen) atoms. The van der Waals surface area contributed by atoms with Crippen molar-refractivity contribution >= 4 is 5.97 Å². The molecule has 0 radical (unpaired) electrons. The fourth-order valence-corrected chi connectivity index (χ4v) is 1.98. The Balaban J connectivity index is 2.41. The summed E-state index contributed by atoms with van der Waals surface area (Å²) in [6, 6.07) is 0.0162. The van der Waals surface area contributed by atoms with Gasteiger partial charge >= 0.3 is 5.97 Å². The molecule has 0 aliphatic carbocycles. The Morgan fingerprint density at radius 2 is 2.20 bits per heavy atom. The van der Waals surface area contributed by atoms with Crippen LogP contribution in [0.2, 0.25) is 0 Å². The number of rotatable bonds is 4. The maximum atomic E-state index is 11.8. The van der Waals surface area contributed by atoms with E-state index in [2.05, 4.69) is 25.7 Å². The largest absolute Gasteiger partial charge is 0.464 e. The minimum absolute atomic E-state index is 0.0162. The quantitative estimate of drug-likeness (QED) is 0.669. The Morgan fingerprint density at radius 3 is 2.80 bits per heavy atom. The Labute approximate surface area is 92.8 Å². The summed E-state index contributed by atoms with van der Waals surface area (Å²) in [6.45, 7) is 8.76. The summed E-state index contributed by atoms with van der Waals surface area (Å²) in [5, 5.41) is 0. The van der Waals surface area contributed by atoms with Gasteiger partial charge in [-0.25, -0.2) is 0 Å². The number of carbonyl (C=O) groups excluding carboxylic acids is 1. The van der Waals surface area contributed by atoms with E-state index in [4.69, 9.17) is 4.74 Å². The number of likely N-dealkylation sites (N-methyl/N-ethyl adjacent to an activating group) is 1. The molecule has 1 heterocycles. The fourth-order valence-electron chi connectivity index (χ4n) is 1.98. The number of piperidine rings is 1. The van der Waals surface area contributed by atoms with Crippen LogP contribution in [0, 0.1) is 5.92 Å². The SMILES string of the molecule is CCN1CCCC[C@H]1C(=O)OCC(C)C. The molecule has 1 rings (SSSR count). The number of ether oxygens (including phenoxy) is 1. The van der Waals surface area contributed by atoms with Gasteiger partial charge in [-0.3, -0.25) is 9.69 Å². The number of hydrogen-bond acceptors (Lipinski definition) is 3. The summed E-state index contributed by atoms with van der Waals surface area (Å²) in [5.41, 5.74) is 0. The van der Waals surface area contributed by atoms with Crippen molar-refractivity contribution in [2.75, 3.05) is 19.7 Å². The first-order chi connectivity index (χ1) is 7.15. The van der Waals surface area contributed by atoms with Gasteiger partial charge in [0.05, 0.1) is 6.61 Å². The average molecular weight is 213 g/mol. The van der Waals surface area contributed by atoms with Crippen molar-refractivity contribution in [2.45, 2.75) is 46.1 Å². The van der Waals surface area contributed by atoms with Gasteiger partial charge < -0.3 is 4.74 Å². The van der Waals surface area contributed by atoms with Gasteiger partial charge in [-0.2, -0.15) is 0 Å². The molecule has 0 N–H and O–H groups in total. The van der Waals surface area contributed by atoms with Crippen LogP contribution in [0.15, 0.2) is 0 Å². The zero-order chi connectivity index (χ0) is 11.3. The highest BCUT2D eigenvalue weighted by Gasteiger charge is 2.28. The van der Waals surface area contributed by atoms with E-state index in [1.54, 1.807) is 0 Å². The van der Waals surface area contributed by atoms with Gasteiger partial charge in [0.25, 0.3) is 0 Å². The molecule has 0 aromatic carbocycles. The van der Waals surface area contributed by atoms with Gasteiger partial charge in [0.15, 0.2) is 0 Å². The van der Waals surface area contributed by atoms with Gasteiger partial charge in [-0.05, 0) is 31.8 Å². The van der Waals surface area contributed by atoms with Crippen LogP contribution in [0.1, 0.15) is 40.0 Å². The first-order valence-corrected chi connectivity index (χ1v) is 6.05. The van der Waals surface area contributed by atoms with E-state index in [1.807, 2.05) is 0 Å². The van der Waals surface area contributed by atoms with E-state index in [1.165, 1.54) is 6.42 Å². The molecule has 0 amide bonds. The Hall–Kier alpha value is -0.570. The average Bonchev–Trinajstić information content (AvgIpc) is 2.25. The predicted octanol–water partition coefficient (Wildman–Crippen LogP) is 2.06. The minimum Gasteiger partial charge on any atom is -0.464 e. The van der Waals surface area contributed by atoms with E-state index < -0.39 is 0 Å². The third-order valence-electron chi connectivity index (χ3n) is 2.85. The van der Waals surface area contributed by atoms with Crippen LogP contribution in [0.25, 0.3) is 0 Å². The standard InChI is InChI=1S/C12H23NO2/c1-4-13-8-6-5-7-11(13)12(14)15-9-10(2)3/h10-11H,4-9H2,1-3H3/t11-/m0/s1. The number of carbonyl (C=O) groups is 1. The molecule has 1 fully saturated rings. The lowest BCUT2D eigenvalue weighted by Gasteiger charge is -2.33. The van der Waals surface area contributed by atoms with Gasteiger partial charge in [0, 0.05) is 0 Å². The normalized spacial score (nSPS) is 23.1. The van der Waals surface area contributed by atoms with Gasteiger partial charge in [-0.1, -0.05) is 27.2 Å². The Bertz CT molecular complexity index is 204. The van der Waals surface area contributed by atoms with Crippen LogP contribution < -0.4 is 0 Å². The third kappa shape index (κ3) is 3.82.